The van der Waals surface area contributed by atoms with Crippen LogP contribution in [0.3, 0.4) is 0 Å². The first-order valence-corrected chi connectivity index (χ1v) is 11.6. The van der Waals surface area contributed by atoms with E-state index in [9.17, 15) is 8.42 Å². The molecule has 0 amide bonds. The Kier molecular flexibility index (Phi) is 4.59. The zero-order valence-electron chi connectivity index (χ0n) is 15.0. The number of hydrogen-bond acceptors (Lipinski definition) is 5. The Bertz CT molecular complexity index is 1060. The number of thiazole rings is 1. The summed E-state index contributed by atoms with van der Waals surface area (Å²) in [6.45, 7) is 4.08. The van der Waals surface area contributed by atoms with Gasteiger partial charge in [-0.2, -0.15) is 0 Å². The lowest BCUT2D eigenvalue weighted by Crippen LogP contribution is -2.26. The first kappa shape index (κ1) is 17.6. The summed E-state index contributed by atoms with van der Waals surface area (Å²) >= 11 is 1.67. The van der Waals surface area contributed by atoms with Crippen LogP contribution in [-0.4, -0.2) is 31.1 Å². The lowest BCUT2D eigenvalue weighted by molar-refractivity contribution is 0.205. The van der Waals surface area contributed by atoms with E-state index in [0.29, 0.717) is 10.9 Å². The van der Waals surface area contributed by atoms with Gasteiger partial charge < -0.3 is 0 Å². The van der Waals surface area contributed by atoms with E-state index in [1.54, 1.807) is 17.4 Å². The summed E-state index contributed by atoms with van der Waals surface area (Å²) in [6, 6.07) is 12.4. The second-order valence-electron chi connectivity index (χ2n) is 7.03. The third-order valence-electron chi connectivity index (χ3n) is 5.26. The fourth-order valence-corrected chi connectivity index (χ4v) is 5.00. The maximum atomic E-state index is 11.8. The van der Waals surface area contributed by atoms with E-state index >= 15 is 0 Å². The molecule has 26 heavy (non-hydrogen) atoms. The van der Waals surface area contributed by atoms with Gasteiger partial charge in [0, 0.05) is 18.8 Å². The lowest BCUT2D eigenvalue weighted by Gasteiger charge is -2.28. The minimum atomic E-state index is -3.16. The summed E-state index contributed by atoms with van der Waals surface area (Å²) in [6.07, 6.45) is 3.23. The van der Waals surface area contributed by atoms with Gasteiger partial charge in [0.15, 0.2) is 9.84 Å². The van der Waals surface area contributed by atoms with Crippen molar-refractivity contribution >= 4 is 31.4 Å². The van der Waals surface area contributed by atoms with E-state index in [0.717, 1.165) is 37.0 Å². The van der Waals surface area contributed by atoms with Crippen molar-refractivity contribution in [3.8, 4) is 0 Å². The lowest BCUT2D eigenvalue weighted by atomic mass is 10.0. The molecule has 2 aromatic carbocycles. The first-order chi connectivity index (χ1) is 12.4. The molecule has 0 spiro atoms. The van der Waals surface area contributed by atoms with Gasteiger partial charge in [-0.1, -0.05) is 12.1 Å². The quantitative estimate of drug-likeness (QED) is 0.677. The van der Waals surface area contributed by atoms with Gasteiger partial charge in [-0.05, 0) is 67.3 Å². The molecule has 2 heterocycles. The zero-order chi connectivity index (χ0) is 18.3. The Morgan fingerprint density at radius 3 is 2.81 bits per heavy atom. The highest BCUT2D eigenvalue weighted by atomic mass is 32.2. The van der Waals surface area contributed by atoms with E-state index in [2.05, 4.69) is 35.0 Å². The number of fused-ring (bicyclic) bond motifs is 2. The number of sulfone groups is 1. The van der Waals surface area contributed by atoms with Gasteiger partial charge in [-0.25, -0.2) is 13.4 Å². The molecule has 3 aromatic rings. The molecule has 0 aliphatic carbocycles. The van der Waals surface area contributed by atoms with Crippen LogP contribution in [0.4, 0.5) is 0 Å². The number of hydrogen-bond donors (Lipinski definition) is 0. The van der Waals surface area contributed by atoms with Crippen LogP contribution in [0.2, 0.25) is 0 Å². The van der Waals surface area contributed by atoms with Gasteiger partial charge in [0.25, 0.3) is 0 Å². The molecule has 0 fully saturated rings. The second-order valence-corrected chi connectivity index (χ2v) is 9.93. The molecule has 0 saturated heterocycles. The van der Waals surface area contributed by atoms with Crippen molar-refractivity contribution in [1.29, 1.82) is 0 Å². The molecule has 4 rings (SSSR count). The van der Waals surface area contributed by atoms with Crippen LogP contribution in [0.15, 0.2) is 46.8 Å². The van der Waals surface area contributed by atoms with Crippen molar-refractivity contribution in [3.63, 3.8) is 0 Å². The highest BCUT2D eigenvalue weighted by Gasteiger charge is 2.21. The Labute approximate surface area is 158 Å². The second kappa shape index (κ2) is 6.76. The monoisotopic (exact) mass is 386 g/mol. The third kappa shape index (κ3) is 3.41. The summed E-state index contributed by atoms with van der Waals surface area (Å²) in [7, 11) is -3.16. The minimum absolute atomic E-state index is 0.293. The van der Waals surface area contributed by atoms with Gasteiger partial charge in [-0.3, -0.25) is 4.90 Å². The summed E-state index contributed by atoms with van der Waals surface area (Å²) in [4.78, 5) is 7.33. The molecule has 0 saturated carbocycles. The third-order valence-corrected chi connectivity index (χ3v) is 7.18. The normalized spacial score (nSPS) is 17.0. The number of rotatable bonds is 3. The van der Waals surface area contributed by atoms with Crippen LogP contribution in [-0.2, 0) is 22.8 Å². The predicted octanol–water partition coefficient (Wildman–Crippen LogP) is 4.21. The fourth-order valence-electron chi connectivity index (χ4n) is 3.67. The number of aryl methyl sites for hydroxylation is 1. The van der Waals surface area contributed by atoms with Crippen LogP contribution >= 0.6 is 11.3 Å². The molecular formula is C20H22N2O2S2. The van der Waals surface area contributed by atoms with Crippen molar-refractivity contribution in [3.05, 3.63) is 58.6 Å². The van der Waals surface area contributed by atoms with Crippen LogP contribution in [0, 0.1) is 0 Å². The molecular weight excluding hydrogens is 364 g/mol. The van der Waals surface area contributed by atoms with Crippen molar-refractivity contribution < 1.29 is 8.42 Å². The van der Waals surface area contributed by atoms with Crippen LogP contribution < -0.4 is 0 Å². The number of aromatic nitrogens is 1. The average molecular weight is 387 g/mol. The van der Waals surface area contributed by atoms with E-state index in [-0.39, 0.29) is 0 Å². The maximum Gasteiger partial charge on any atom is 0.175 e. The molecule has 6 heteroatoms. The molecule has 1 atom stereocenters. The van der Waals surface area contributed by atoms with Gasteiger partial charge >= 0.3 is 0 Å². The van der Waals surface area contributed by atoms with Crippen LogP contribution in [0.1, 0.15) is 36.1 Å². The minimum Gasteiger partial charge on any atom is -0.292 e. The SMILES string of the molecule is CC(c1ccc2scnc2c1)N1CCCc2cc(S(C)(=O)=O)ccc2C1. The summed E-state index contributed by atoms with van der Waals surface area (Å²) in [5, 5.41) is 0. The van der Waals surface area contributed by atoms with Crippen molar-refractivity contribution in [2.75, 3.05) is 12.8 Å². The molecule has 0 bridgehead atoms. The topological polar surface area (TPSA) is 50.3 Å². The smallest absolute Gasteiger partial charge is 0.175 e. The van der Waals surface area contributed by atoms with Gasteiger partial charge in [0.1, 0.15) is 0 Å². The Balaban J connectivity index is 1.62. The van der Waals surface area contributed by atoms with Gasteiger partial charge in [-0.15, -0.1) is 11.3 Å². The van der Waals surface area contributed by atoms with Gasteiger partial charge in [0.2, 0.25) is 0 Å². The van der Waals surface area contributed by atoms with Crippen molar-refractivity contribution in [2.45, 2.75) is 37.2 Å². The summed E-state index contributed by atoms with van der Waals surface area (Å²) in [5.74, 6) is 0. The molecule has 1 aliphatic heterocycles. The number of nitrogens with zero attached hydrogens (tertiary/aromatic N) is 2. The van der Waals surface area contributed by atoms with E-state index in [1.807, 2.05) is 17.6 Å². The van der Waals surface area contributed by atoms with Crippen molar-refractivity contribution in [2.24, 2.45) is 0 Å². The molecule has 1 unspecified atom stereocenters. The highest BCUT2D eigenvalue weighted by Crippen LogP contribution is 2.30. The van der Waals surface area contributed by atoms with E-state index in [4.69, 9.17) is 0 Å². The number of benzene rings is 2. The van der Waals surface area contributed by atoms with Gasteiger partial charge in [0.05, 0.1) is 20.6 Å². The first-order valence-electron chi connectivity index (χ1n) is 8.81. The zero-order valence-corrected chi connectivity index (χ0v) is 16.6. The Hall–Kier alpha value is -1.76. The molecule has 1 aromatic heterocycles. The average Bonchev–Trinajstić information content (AvgIpc) is 2.97. The van der Waals surface area contributed by atoms with Crippen LogP contribution in [0.25, 0.3) is 10.2 Å². The molecule has 136 valence electrons. The summed E-state index contributed by atoms with van der Waals surface area (Å²) < 4.78 is 24.9. The van der Waals surface area contributed by atoms with Crippen molar-refractivity contribution in [1.82, 2.24) is 9.88 Å². The van der Waals surface area contributed by atoms with E-state index < -0.39 is 9.84 Å². The predicted molar refractivity (Wildman–Crippen MR) is 106 cm³/mol. The Morgan fingerprint density at radius 1 is 1.15 bits per heavy atom. The molecule has 4 nitrogen and oxygen atoms in total. The molecule has 0 radical (unpaired) electrons. The standard InChI is InChI=1S/C20H22N2O2S2/c1-14(15-6-8-20-19(11-15)21-13-25-20)22-9-3-4-16-10-18(26(2,23)24)7-5-17(16)12-22/h5-8,10-11,13-14H,3-4,9,12H2,1-2H3. The Morgan fingerprint density at radius 2 is 2.00 bits per heavy atom. The summed E-state index contributed by atoms with van der Waals surface area (Å²) in [5.41, 5.74) is 6.63. The van der Waals surface area contributed by atoms with Crippen LogP contribution in [0.5, 0.6) is 0 Å². The largest absolute Gasteiger partial charge is 0.292 e. The highest BCUT2D eigenvalue weighted by molar-refractivity contribution is 7.90. The fraction of sp³-hybridized carbons (Fsp3) is 0.350. The van der Waals surface area contributed by atoms with E-state index in [1.165, 1.54) is 22.1 Å². The molecule has 1 aliphatic rings. The maximum absolute atomic E-state index is 11.8. The molecule has 0 N–H and O–H groups in total.